The number of hydrogen-bond donors (Lipinski definition) is 2. The van der Waals surface area contributed by atoms with E-state index in [9.17, 15) is 13.2 Å². The van der Waals surface area contributed by atoms with Gasteiger partial charge in [-0.05, 0) is 60.7 Å². The molecule has 3 aromatic carbocycles. The lowest BCUT2D eigenvalue weighted by Crippen LogP contribution is -2.43. The van der Waals surface area contributed by atoms with Crippen molar-refractivity contribution in [3.63, 3.8) is 0 Å². The monoisotopic (exact) mass is 529 g/mol. The van der Waals surface area contributed by atoms with Crippen molar-refractivity contribution in [2.45, 2.75) is 49.6 Å². The van der Waals surface area contributed by atoms with Crippen molar-refractivity contribution < 1.29 is 13.2 Å². The molecule has 198 valence electrons. The number of nitrogens with one attached hydrogen (secondary N) is 2. The summed E-state index contributed by atoms with van der Waals surface area (Å²) in [6.45, 7) is 3.07. The minimum atomic E-state index is -3.75. The molecule has 0 aromatic heterocycles. The van der Waals surface area contributed by atoms with Crippen LogP contribution in [0.2, 0.25) is 0 Å². The normalized spacial score (nSPS) is 20.4. The number of piperidine rings is 1. The van der Waals surface area contributed by atoms with Gasteiger partial charge in [-0.15, -0.1) is 0 Å². The van der Waals surface area contributed by atoms with E-state index in [1.165, 1.54) is 36.5 Å². The van der Waals surface area contributed by atoms with Gasteiger partial charge in [-0.1, -0.05) is 84.9 Å². The van der Waals surface area contributed by atoms with Crippen molar-refractivity contribution in [2.24, 2.45) is 0 Å². The Morgan fingerprint density at radius 1 is 0.868 bits per heavy atom. The number of likely N-dealkylation sites (tertiary alicyclic amines) is 1. The average Bonchev–Trinajstić information content (AvgIpc) is 3.69. The van der Waals surface area contributed by atoms with E-state index in [1.54, 1.807) is 30.3 Å². The SMILES string of the molecule is O=C(/C=C/c1ccc(CN2CCC(NC3CC3c3ccccc3)CC2)cc1)NS(=O)(=O)Cc1ccccc1. The molecule has 0 spiro atoms. The van der Waals surface area contributed by atoms with Gasteiger partial charge in [0, 0.05) is 30.6 Å². The number of benzene rings is 3. The van der Waals surface area contributed by atoms with Crippen LogP contribution in [-0.4, -0.2) is 44.4 Å². The summed E-state index contributed by atoms with van der Waals surface area (Å²) in [5.41, 5.74) is 4.17. The van der Waals surface area contributed by atoms with E-state index < -0.39 is 15.9 Å². The Labute approximate surface area is 225 Å². The molecule has 0 radical (unpaired) electrons. The standard InChI is InChI=1S/C31H35N3O3S/c35-31(33-38(36,37)23-26-7-3-1-4-8-26)16-15-24-11-13-25(14-12-24)22-34-19-17-28(18-20-34)32-30-21-29(30)27-9-5-2-6-10-27/h1-16,28-30,32H,17-23H2,(H,33,35)/b16-15+. The van der Waals surface area contributed by atoms with Gasteiger partial charge in [-0.2, -0.15) is 0 Å². The number of carbonyl (C=O) groups excluding carboxylic acids is 1. The Kier molecular flexibility index (Phi) is 8.37. The summed E-state index contributed by atoms with van der Waals surface area (Å²) in [5.74, 6) is -0.209. The highest BCUT2D eigenvalue weighted by Gasteiger charge is 2.39. The minimum absolute atomic E-state index is 0.232. The van der Waals surface area contributed by atoms with Crippen LogP contribution in [0.4, 0.5) is 0 Å². The first-order chi connectivity index (χ1) is 18.4. The molecule has 1 amide bonds. The van der Waals surface area contributed by atoms with Gasteiger partial charge in [-0.3, -0.25) is 9.69 Å². The molecule has 1 saturated heterocycles. The zero-order valence-corrected chi connectivity index (χ0v) is 22.3. The quantitative estimate of drug-likeness (QED) is 0.379. The number of rotatable bonds is 10. The molecule has 5 rings (SSSR count). The van der Waals surface area contributed by atoms with E-state index >= 15 is 0 Å². The molecule has 38 heavy (non-hydrogen) atoms. The van der Waals surface area contributed by atoms with Crippen LogP contribution in [-0.2, 0) is 27.1 Å². The molecule has 1 heterocycles. The summed E-state index contributed by atoms with van der Waals surface area (Å²) >= 11 is 0. The largest absolute Gasteiger partial charge is 0.311 e. The van der Waals surface area contributed by atoms with Crippen molar-refractivity contribution >= 4 is 22.0 Å². The molecule has 2 fully saturated rings. The lowest BCUT2D eigenvalue weighted by molar-refractivity contribution is -0.114. The predicted octanol–water partition coefficient (Wildman–Crippen LogP) is 4.46. The third kappa shape index (κ3) is 7.63. The molecule has 6 nitrogen and oxygen atoms in total. The van der Waals surface area contributed by atoms with E-state index in [0.717, 1.165) is 25.2 Å². The molecular formula is C31H35N3O3S. The number of sulfonamides is 1. The Morgan fingerprint density at radius 2 is 1.53 bits per heavy atom. The molecule has 3 aromatic rings. The Balaban J connectivity index is 1.03. The summed E-state index contributed by atoms with van der Waals surface area (Å²) in [6.07, 6.45) is 6.48. The van der Waals surface area contributed by atoms with Crippen LogP contribution in [0.25, 0.3) is 6.08 Å². The van der Waals surface area contributed by atoms with Gasteiger partial charge in [-0.25, -0.2) is 13.1 Å². The van der Waals surface area contributed by atoms with E-state index in [2.05, 4.69) is 57.4 Å². The van der Waals surface area contributed by atoms with E-state index in [1.807, 2.05) is 18.2 Å². The number of carbonyl (C=O) groups is 1. The summed E-state index contributed by atoms with van der Waals surface area (Å²) in [7, 11) is -3.75. The van der Waals surface area contributed by atoms with Crippen molar-refractivity contribution in [3.8, 4) is 0 Å². The number of hydrogen-bond acceptors (Lipinski definition) is 5. The van der Waals surface area contributed by atoms with Gasteiger partial charge >= 0.3 is 0 Å². The summed E-state index contributed by atoms with van der Waals surface area (Å²) in [5, 5.41) is 3.88. The number of nitrogens with zero attached hydrogens (tertiary/aromatic N) is 1. The van der Waals surface area contributed by atoms with Crippen LogP contribution in [0.3, 0.4) is 0 Å². The Hall–Kier alpha value is -3.26. The zero-order chi connectivity index (χ0) is 26.4. The lowest BCUT2D eigenvalue weighted by atomic mass is 10.0. The zero-order valence-electron chi connectivity index (χ0n) is 21.5. The molecule has 0 bridgehead atoms. The van der Waals surface area contributed by atoms with Crippen molar-refractivity contribution in [1.82, 2.24) is 14.9 Å². The summed E-state index contributed by atoms with van der Waals surface area (Å²) < 4.78 is 26.6. The lowest BCUT2D eigenvalue weighted by Gasteiger charge is -2.32. The first kappa shape index (κ1) is 26.4. The second-order valence-corrected chi connectivity index (χ2v) is 12.1. The van der Waals surface area contributed by atoms with Crippen molar-refractivity contribution in [1.29, 1.82) is 0 Å². The molecule has 2 N–H and O–H groups in total. The fourth-order valence-electron chi connectivity index (χ4n) is 5.19. The summed E-state index contributed by atoms with van der Waals surface area (Å²) in [4.78, 5) is 14.6. The fraction of sp³-hybridized carbons (Fsp3) is 0.323. The van der Waals surface area contributed by atoms with Crippen LogP contribution >= 0.6 is 0 Å². The maximum Gasteiger partial charge on any atom is 0.257 e. The van der Waals surface area contributed by atoms with Gasteiger partial charge in [0.05, 0.1) is 5.75 Å². The van der Waals surface area contributed by atoms with Gasteiger partial charge in [0.1, 0.15) is 0 Å². The van der Waals surface area contributed by atoms with Gasteiger partial charge in [0.2, 0.25) is 10.0 Å². The maximum atomic E-state index is 12.2. The van der Waals surface area contributed by atoms with Crippen molar-refractivity contribution in [3.05, 3.63) is 113 Å². The third-order valence-corrected chi connectivity index (χ3v) is 8.55. The second-order valence-electron chi connectivity index (χ2n) is 10.4. The fourth-order valence-corrected chi connectivity index (χ4v) is 6.27. The van der Waals surface area contributed by atoms with Crippen LogP contribution in [0.15, 0.2) is 91.0 Å². The smallest absolute Gasteiger partial charge is 0.257 e. The highest BCUT2D eigenvalue weighted by Crippen LogP contribution is 2.41. The molecule has 1 aliphatic heterocycles. The third-order valence-electron chi connectivity index (χ3n) is 7.32. The van der Waals surface area contributed by atoms with Crippen LogP contribution < -0.4 is 10.0 Å². The Morgan fingerprint density at radius 3 is 2.21 bits per heavy atom. The number of amides is 1. The van der Waals surface area contributed by atoms with E-state index in [0.29, 0.717) is 23.6 Å². The van der Waals surface area contributed by atoms with Gasteiger partial charge in [0.25, 0.3) is 5.91 Å². The first-order valence-electron chi connectivity index (χ1n) is 13.3. The molecular weight excluding hydrogens is 494 g/mol. The Bertz CT molecular complexity index is 1330. The molecule has 1 saturated carbocycles. The van der Waals surface area contributed by atoms with Crippen LogP contribution in [0.1, 0.15) is 47.4 Å². The van der Waals surface area contributed by atoms with Gasteiger partial charge in [0.15, 0.2) is 0 Å². The molecule has 2 atom stereocenters. The van der Waals surface area contributed by atoms with Crippen LogP contribution in [0, 0.1) is 0 Å². The highest BCUT2D eigenvalue weighted by atomic mass is 32.2. The minimum Gasteiger partial charge on any atom is -0.311 e. The van der Waals surface area contributed by atoms with Crippen molar-refractivity contribution in [2.75, 3.05) is 13.1 Å². The maximum absolute atomic E-state index is 12.2. The van der Waals surface area contributed by atoms with Crippen LogP contribution in [0.5, 0.6) is 0 Å². The molecule has 2 aliphatic rings. The van der Waals surface area contributed by atoms with E-state index in [4.69, 9.17) is 0 Å². The first-order valence-corrected chi connectivity index (χ1v) is 15.0. The average molecular weight is 530 g/mol. The molecule has 2 unspecified atom stereocenters. The highest BCUT2D eigenvalue weighted by molar-refractivity contribution is 7.89. The van der Waals surface area contributed by atoms with E-state index in [-0.39, 0.29) is 5.75 Å². The molecule has 7 heteroatoms. The summed E-state index contributed by atoms with van der Waals surface area (Å²) in [6, 6.07) is 28.9. The second kappa shape index (κ2) is 12.1. The van der Waals surface area contributed by atoms with Gasteiger partial charge < -0.3 is 5.32 Å². The topological polar surface area (TPSA) is 78.5 Å². The molecule has 1 aliphatic carbocycles. The predicted molar refractivity (Wildman–Crippen MR) is 152 cm³/mol.